The van der Waals surface area contributed by atoms with Gasteiger partial charge in [-0.3, -0.25) is 0 Å². The van der Waals surface area contributed by atoms with Crippen molar-refractivity contribution < 1.29 is 24.5 Å². The number of aromatic hydroxyl groups is 1. The lowest BCUT2D eigenvalue weighted by Gasteiger charge is -2.09. The number of fused-ring (bicyclic) bond motifs is 1. The third-order valence-corrected chi connectivity index (χ3v) is 2.89. The van der Waals surface area contributed by atoms with Crippen molar-refractivity contribution >= 4 is 5.97 Å². The predicted molar refractivity (Wildman–Crippen MR) is 67.8 cm³/mol. The molecular weight excluding hydrogens is 264 g/mol. The minimum absolute atomic E-state index is 0.385. The molecule has 2 N–H and O–H groups in total. The topological polar surface area (TPSA) is 93.8 Å². The zero-order valence-corrected chi connectivity index (χ0v) is 10.4. The molecule has 0 fully saturated rings. The Morgan fingerprint density at radius 1 is 1.25 bits per heavy atom. The lowest BCUT2D eigenvalue weighted by Crippen LogP contribution is -2.01. The fourth-order valence-electron chi connectivity index (χ4n) is 1.94. The number of nitrogens with zero attached hydrogens (tertiary/aromatic N) is 2. The van der Waals surface area contributed by atoms with E-state index in [-0.39, 0.29) is 5.75 Å². The van der Waals surface area contributed by atoms with Crippen LogP contribution in [0.5, 0.6) is 17.2 Å². The number of rotatable bonds is 2. The Balaban J connectivity index is 2.00. The zero-order chi connectivity index (χ0) is 14.1. The molecule has 0 saturated heterocycles. The molecule has 1 aliphatic rings. The van der Waals surface area contributed by atoms with E-state index in [4.69, 9.17) is 14.6 Å². The van der Waals surface area contributed by atoms with E-state index in [1.165, 1.54) is 10.9 Å². The maximum absolute atomic E-state index is 10.9. The first-order valence-electron chi connectivity index (χ1n) is 6.07. The van der Waals surface area contributed by atoms with Gasteiger partial charge in [0.15, 0.2) is 17.2 Å². The third kappa shape index (κ3) is 2.13. The van der Waals surface area contributed by atoms with E-state index >= 15 is 0 Å². The molecule has 0 saturated carbocycles. The molecule has 0 amide bonds. The third-order valence-electron chi connectivity index (χ3n) is 2.89. The van der Waals surface area contributed by atoms with Gasteiger partial charge in [0.05, 0.1) is 25.1 Å². The number of aromatic nitrogens is 2. The number of hydrogen-bond acceptors (Lipinski definition) is 5. The highest BCUT2D eigenvalue weighted by Gasteiger charge is 2.17. The molecule has 7 heteroatoms. The summed E-state index contributed by atoms with van der Waals surface area (Å²) in [5.41, 5.74) is 0.189. The van der Waals surface area contributed by atoms with Crippen LogP contribution < -0.4 is 9.47 Å². The number of carboxylic acid groups (broad SMARTS) is 1. The van der Waals surface area contributed by atoms with Crippen LogP contribution in [0.3, 0.4) is 0 Å². The summed E-state index contributed by atoms with van der Waals surface area (Å²) in [6, 6.07) is 5.14. The number of carboxylic acids is 1. The summed E-state index contributed by atoms with van der Waals surface area (Å²) < 4.78 is 12.3. The minimum Gasteiger partial charge on any atom is -0.504 e. The zero-order valence-electron chi connectivity index (χ0n) is 10.4. The summed E-state index contributed by atoms with van der Waals surface area (Å²) in [5.74, 6) is -0.451. The first kappa shape index (κ1) is 12.3. The number of ether oxygens (including phenoxy) is 2. The molecule has 0 aliphatic carbocycles. The fraction of sp³-hybridized carbons (Fsp3) is 0.231. The molecule has 1 aliphatic heterocycles. The standard InChI is InChI=1S/C13H12N2O5/c16-9-7-15(14-12(9)13(17)18)8-2-3-10-11(6-8)20-5-1-4-19-10/h2-3,6-7,16H,1,4-5H2,(H,17,18). The number of aromatic carboxylic acids is 1. The quantitative estimate of drug-likeness (QED) is 0.862. The molecule has 0 unspecified atom stereocenters. The molecule has 7 nitrogen and oxygen atoms in total. The van der Waals surface area contributed by atoms with Gasteiger partial charge in [0.25, 0.3) is 0 Å². The van der Waals surface area contributed by atoms with Crippen molar-refractivity contribution in [3.05, 3.63) is 30.1 Å². The number of carbonyl (C=O) groups is 1. The Kier molecular flexibility index (Phi) is 2.94. The van der Waals surface area contributed by atoms with E-state index in [1.54, 1.807) is 18.2 Å². The van der Waals surface area contributed by atoms with E-state index < -0.39 is 11.7 Å². The molecule has 0 atom stereocenters. The van der Waals surface area contributed by atoms with Crippen LogP contribution in [0.15, 0.2) is 24.4 Å². The van der Waals surface area contributed by atoms with Crippen molar-refractivity contribution in [3.63, 3.8) is 0 Å². The Morgan fingerprint density at radius 2 is 2.00 bits per heavy atom. The second-order valence-electron chi connectivity index (χ2n) is 4.29. The number of hydrogen-bond donors (Lipinski definition) is 2. The summed E-state index contributed by atoms with van der Waals surface area (Å²) in [7, 11) is 0. The number of benzene rings is 1. The smallest absolute Gasteiger partial charge is 0.360 e. The van der Waals surface area contributed by atoms with Crippen LogP contribution in [-0.4, -0.2) is 39.2 Å². The summed E-state index contributed by atoms with van der Waals surface area (Å²) in [4.78, 5) is 10.9. The van der Waals surface area contributed by atoms with Gasteiger partial charge in [-0.05, 0) is 12.1 Å². The normalized spacial score (nSPS) is 13.8. The van der Waals surface area contributed by atoms with Crippen molar-refractivity contribution in [1.82, 2.24) is 9.78 Å². The van der Waals surface area contributed by atoms with E-state index in [0.717, 1.165) is 6.42 Å². The summed E-state index contributed by atoms with van der Waals surface area (Å²) in [6.45, 7) is 1.15. The largest absolute Gasteiger partial charge is 0.504 e. The lowest BCUT2D eigenvalue weighted by atomic mass is 10.3. The van der Waals surface area contributed by atoms with Crippen molar-refractivity contribution in [2.75, 3.05) is 13.2 Å². The monoisotopic (exact) mass is 276 g/mol. The van der Waals surface area contributed by atoms with Gasteiger partial charge in [-0.25, -0.2) is 9.48 Å². The van der Waals surface area contributed by atoms with Crippen LogP contribution >= 0.6 is 0 Å². The van der Waals surface area contributed by atoms with Gasteiger partial charge in [0.1, 0.15) is 0 Å². The molecule has 1 aromatic heterocycles. The first-order valence-corrected chi connectivity index (χ1v) is 6.07. The molecular formula is C13H12N2O5. The van der Waals surface area contributed by atoms with Crippen molar-refractivity contribution in [2.45, 2.75) is 6.42 Å². The molecule has 3 rings (SSSR count). The molecule has 2 heterocycles. The van der Waals surface area contributed by atoms with Crippen LogP contribution in [0.25, 0.3) is 5.69 Å². The van der Waals surface area contributed by atoms with Crippen LogP contribution in [0.4, 0.5) is 0 Å². The van der Waals surface area contributed by atoms with Gasteiger partial charge >= 0.3 is 5.97 Å². The molecule has 20 heavy (non-hydrogen) atoms. The van der Waals surface area contributed by atoms with Crippen LogP contribution in [0.2, 0.25) is 0 Å². The second kappa shape index (κ2) is 4.76. The molecule has 1 aromatic carbocycles. The molecule has 0 spiro atoms. The lowest BCUT2D eigenvalue weighted by molar-refractivity contribution is 0.0687. The Hall–Kier alpha value is -2.70. The Labute approximate surface area is 114 Å². The molecule has 0 radical (unpaired) electrons. The van der Waals surface area contributed by atoms with Crippen LogP contribution in [0, 0.1) is 0 Å². The Morgan fingerprint density at radius 3 is 2.70 bits per heavy atom. The van der Waals surface area contributed by atoms with E-state index in [1.807, 2.05) is 0 Å². The maximum atomic E-state index is 10.9. The van der Waals surface area contributed by atoms with Crippen molar-refractivity contribution in [2.24, 2.45) is 0 Å². The molecule has 2 aromatic rings. The van der Waals surface area contributed by atoms with Gasteiger partial charge < -0.3 is 19.7 Å². The van der Waals surface area contributed by atoms with Crippen LogP contribution in [-0.2, 0) is 0 Å². The van der Waals surface area contributed by atoms with Crippen molar-refractivity contribution in [1.29, 1.82) is 0 Å². The van der Waals surface area contributed by atoms with Crippen LogP contribution in [0.1, 0.15) is 16.9 Å². The molecule has 104 valence electrons. The van der Waals surface area contributed by atoms with Gasteiger partial charge in [-0.15, -0.1) is 0 Å². The summed E-state index contributed by atoms with van der Waals surface area (Å²) in [5, 5.41) is 22.2. The summed E-state index contributed by atoms with van der Waals surface area (Å²) >= 11 is 0. The highest BCUT2D eigenvalue weighted by Crippen LogP contribution is 2.32. The van der Waals surface area contributed by atoms with E-state index in [9.17, 15) is 9.90 Å². The fourth-order valence-corrected chi connectivity index (χ4v) is 1.94. The first-order chi connectivity index (χ1) is 9.65. The highest BCUT2D eigenvalue weighted by molar-refractivity contribution is 5.88. The maximum Gasteiger partial charge on any atom is 0.360 e. The van der Waals surface area contributed by atoms with Gasteiger partial charge in [0.2, 0.25) is 5.69 Å². The predicted octanol–water partition coefficient (Wildman–Crippen LogP) is 1.44. The van der Waals surface area contributed by atoms with Gasteiger partial charge in [-0.2, -0.15) is 5.10 Å². The Bertz CT molecular complexity index is 665. The van der Waals surface area contributed by atoms with E-state index in [0.29, 0.717) is 30.4 Å². The minimum atomic E-state index is -1.28. The molecule has 0 bridgehead atoms. The van der Waals surface area contributed by atoms with Gasteiger partial charge in [-0.1, -0.05) is 0 Å². The van der Waals surface area contributed by atoms with E-state index in [2.05, 4.69) is 5.10 Å². The average molecular weight is 276 g/mol. The van der Waals surface area contributed by atoms with Gasteiger partial charge in [0, 0.05) is 12.5 Å². The average Bonchev–Trinajstić information content (AvgIpc) is 2.68. The SMILES string of the molecule is O=C(O)c1nn(-c2ccc3c(c2)OCCCO3)cc1O. The summed E-state index contributed by atoms with van der Waals surface area (Å²) in [6.07, 6.45) is 2.04. The second-order valence-corrected chi connectivity index (χ2v) is 4.29. The van der Waals surface area contributed by atoms with Crippen molar-refractivity contribution in [3.8, 4) is 22.9 Å². The highest BCUT2D eigenvalue weighted by atomic mass is 16.5.